The fraction of sp³-hybridized carbons (Fsp3) is 0.360. The minimum absolute atomic E-state index is 0. The molecule has 0 aliphatic carbocycles. The molecule has 0 unspecified atom stereocenters. The average molecular weight is 479 g/mol. The van der Waals surface area contributed by atoms with Crippen LogP contribution in [0.1, 0.15) is 24.5 Å². The number of aryl methyl sites for hydroxylation is 1. The summed E-state index contributed by atoms with van der Waals surface area (Å²) in [6, 6.07) is 14.1. The van der Waals surface area contributed by atoms with Gasteiger partial charge in [-0.15, -0.1) is 12.4 Å². The molecule has 2 fully saturated rings. The predicted molar refractivity (Wildman–Crippen MR) is 132 cm³/mol. The Kier molecular flexibility index (Phi) is 6.20. The van der Waals surface area contributed by atoms with E-state index in [1.807, 2.05) is 49.6 Å². The van der Waals surface area contributed by atoms with Crippen molar-refractivity contribution in [3.05, 3.63) is 54.4 Å². The molecule has 3 aromatic heterocycles. The first-order valence-corrected chi connectivity index (χ1v) is 11.4. The molecule has 0 spiro atoms. The second-order valence-corrected chi connectivity index (χ2v) is 8.97. The lowest BCUT2D eigenvalue weighted by atomic mass is 9.91. The van der Waals surface area contributed by atoms with Crippen LogP contribution < -0.4 is 0 Å². The molecular formula is C25H27ClN6O2. The molecule has 176 valence electrons. The van der Waals surface area contributed by atoms with Gasteiger partial charge in [0, 0.05) is 56.4 Å². The van der Waals surface area contributed by atoms with E-state index < -0.39 is 0 Å². The first-order valence-electron chi connectivity index (χ1n) is 11.4. The quantitative estimate of drug-likeness (QED) is 0.477. The van der Waals surface area contributed by atoms with Gasteiger partial charge in [-0.3, -0.25) is 9.58 Å². The highest BCUT2D eigenvalue weighted by Crippen LogP contribution is 2.34. The maximum absolute atomic E-state index is 10.7. The van der Waals surface area contributed by atoms with Crippen LogP contribution in [0.3, 0.4) is 0 Å². The molecular weight excluding hydrogens is 452 g/mol. The van der Waals surface area contributed by atoms with Crippen LogP contribution in [0.25, 0.3) is 33.5 Å². The molecule has 6 rings (SSSR count). The topological polar surface area (TPSA) is 89.2 Å². The van der Waals surface area contributed by atoms with Gasteiger partial charge in [0.05, 0.1) is 23.3 Å². The Labute approximate surface area is 204 Å². The van der Waals surface area contributed by atoms with Gasteiger partial charge in [0.15, 0.2) is 0 Å². The van der Waals surface area contributed by atoms with E-state index in [0.29, 0.717) is 23.2 Å². The Balaban J connectivity index is 0.00000241. The number of nitrogens with zero attached hydrogens (tertiary/aromatic N) is 6. The normalized spacial score (nSPS) is 17.4. The zero-order chi connectivity index (χ0) is 22.4. The molecule has 1 aromatic carbocycles. The van der Waals surface area contributed by atoms with E-state index in [9.17, 15) is 5.11 Å². The highest BCUT2D eigenvalue weighted by Gasteiger charge is 2.34. The Morgan fingerprint density at radius 3 is 2.47 bits per heavy atom. The summed E-state index contributed by atoms with van der Waals surface area (Å²) in [7, 11) is 1.88. The lowest BCUT2D eigenvalue weighted by Crippen LogP contribution is -2.52. The molecule has 2 aliphatic heterocycles. The molecule has 8 nitrogen and oxygen atoms in total. The van der Waals surface area contributed by atoms with E-state index in [4.69, 9.17) is 4.74 Å². The number of pyridine rings is 1. The molecule has 0 atom stereocenters. The van der Waals surface area contributed by atoms with E-state index in [1.165, 1.54) is 0 Å². The zero-order valence-corrected chi connectivity index (χ0v) is 19.8. The number of hydrogen-bond acceptors (Lipinski definition) is 7. The fourth-order valence-electron chi connectivity index (χ4n) is 4.84. The molecule has 0 saturated carbocycles. The van der Waals surface area contributed by atoms with E-state index in [2.05, 4.69) is 25.2 Å². The van der Waals surface area contributed by atoms with Crippen LogP contribution in [0.4, 0.5) is 0 Å². The third-order valence-corrected chi connectivity index (χ3v) is 6.77. The van der Waals surface area contributed by atoms with E-state index >= 15 is 0 Å². The summed E-state index contributed by atoms with van der Waals surface area (Å²) in [4.78, 5) is 7.20. The zero-order valence-electron chi connectivity index (χ0n) is 19.0. The Morgan fingerprint density at radius 2 is 1.74 bits per heavy atom. The van der Waals surface area contributed by atoms with Crippen LogP contribution in [0.15, 0.2) is 48.7 Å². The number of aromatic hydroxyl groups is 1. The van der Waals surface area contributed by atoms with Gasteiger partial charge < -0.3 is 9.84 Å². The minimum Gasteiger partial charge on any atom is -0.507 e. The summed E-state index contributed by atoms with van der Waals surface area (Å²) in [6.45, 7) is 3.81. The Morgan fingerprint density at radius 1 is 0.941 bits per heavy atom. The summed E-state index contributed by atoms with van der Waals surface area (Å²) in [6.07, 6.45) is 4.13. The number of benzene rings is 1. The van der Waals surface area contributed by atoms with Gasteiger partial charge >= 0.3 is 0 Å². The number of rotatable bonds is 4. The summed E-state index contributed by atoms with van der Waals surface area (Å²) in [5, 5.41) is 24.0. The second-order valence-electron chi connectivity index (χ2n) is 8.97. The van der Waals surface area contributed by atoms with Gasteiger partial charge in [-0.2, -0.15) is 15.3 Å². The molecule has 4 aromatic rings. The van der Waals surface area contributed by atoms with Gasteiger partial charge in [-0.1, -0.05) is 6.07 Å². The van der Waals surface area contributed by atoms with E-state index in [0.717, 1.165) is 67.1 Å². The summed E-state index contributed by atoms with van der Waals surface area (Å²) < 4.78 is 7.22. The van der Waals surface area contributed by atoms with Gasteiger partial charge in [0.2, 0.25) is 0 Å². The SMILES string of the molecule is Cl.Cn1cc2nc(-c3ccc(-c4ccc(C5CN(C6CCOCC6)C5)nn4)c(O)c3)ccc2n1. The van der Waals surface area contributed by atoms with Crippen LogP contribution >= 0.6 is 12.4 Å². The van der Waals surface area contributed by atoms with E-state index in [-0.39, 0.29) is 18.2 Å². The van der Waals surface area contributed by atoms with Crippen molar-refractivity contribution in [2.45, 2.75) is 24.8 Å². The lowest BCUT2D eigenvalue weighted by molar-refractivity contribution is 0.000892. The van der Waals surface area contributed by atoms with Crippen molar-refractivity contribution in [3.63, 3.8) is 0 Å². The highest BCUT2D eigenvalue weighted by atomic mass is 35.5. The monoisotopic (exact) mass is 478 g/mol. The summed E-state index contributed by atoms with van der Waals surface area (Å²) >= 11 is 0. The fourth-order valence-corrected chi connectivity index (χ4v) is 4.84. The number of halogens is 1. The number of aromatic nitrogens is 5. The van der Waals surface area contributed by atoms with Gasteiger partial charge in [0.25, 0.3) is 0 Å². The van der Waals surface area contributed by atoms with Crippen molar-refractivity contribution < 1.29 is 9.84 Å². The Hall–Kier alpha value is -3.07. The van der Waals surface area contributed by atoms with Gasteiger partial charge in [-0.25, -0.2) is 4.98 Å². The molecule has 1 N–H and O–H groups in total. The van der Waals surface area contributed by atoms with Crippen molar-refractivity contribution in [1.29, 1.82) is 0 Å². The lowest BCUT2D eigenvalue weighted by Gasteiger charge is -2.45. The largest absolute Gasteiger partial charge is 0.507 e. The number of phenolic OH excluding ortho intramolecular Hbond substituents is 1. The van der Waals surface area contributed by atoms with Crippen LogP contribution in [-0.4, -0.2) is 67.3 Å². The van der Waals surface area contributed by atoms with Crippen molar-refractivity contribution in [2.24, 2.45) is 7.05 Å². The number of phenols is 1. The number of likely N-dealkylation sites (tertiary alicyclic amines) is 1. The van der Waals surface area contributed by atoms with Crippen LogP contribution in [0.5, 0.6) is 5.75 Å². The smallest absolute Gasteiger partial charge is 0.125 e. The molecule has 34 heavy (non-hydrogen) atoms. The van der Waals surface area contributed by atoms with Crippen LogP contribution in [0.2, 0.25) is 0 Å². The van der Waals surface area contributed by atoms with Crippen LogP contribution in [-0.2, 0) is 11.8 Å². The van der Waals surface area contributed by atoms with Crippen LogP contribution in [0, 0.1) is 0 Å². The number of hydrogen-bond donors (Lipinski definition) is 1. The molecule has 2 aliphatic rings. The van der Waals surface area contributed by atoms with E-state index in [1.54, 1.807) is 10.7 Å². The maximum atomic E-state index is 10.7. The number of ether oxygens (including phenoxy) is 1. The van der Waals surface area contributed by atoms with Gasteiger partial charge in [0.1, 0.15) is 16.8 Å². The molecule has 0 amide bonds. The van der Waals surface area contributed by atoms with Crippen molar-refractivity contribution in [1.82, 2.24) is 29.9 Å². The first-order chi connectivity index (χ1) is 16.1. The molecule has 0 bridgehead atoms. The average Bonchev–Trinajstić information content (AvgIpc) is 3.18. The predicted octanol–water partition coefficient (Wildman–Crippen LogP) is 3.80. The highest BCUT2D eigenvalue weighted by molar-refractivity contribution is 5.85. The first kappa shape index (κ1) is 22.7. The van der Waals surface area contributed by atoms with Crippen molar-refractivity contribution in [3.8, 4) is 28.3 Å². The summed E-state index contributed by atoms with van der Waals surface area (Å²) in [5.74, 6) is 0.593. The standard InChI is InChI=1S/C25H26N6O2.ClH/c1-30-15-24-23(29-30)7-4-20(26-24)16-2-3-19(25(32)12-16)22-6-5-21(27-28-22)17-13-31(14-17)18-8-10-33-11-9-18;/h2-7,12,15,17-18,32H,8-11,13-14H2,1H3;1H. The van der Waals surface area contributed by atoms with Crippen molar-refractivity contribution >= 4 is 23.4 Å². The molecule has 0 radical (unpaired) electrons. The molecule has 2 saturated heterocycles. The maximum Gasteiger partial charge on any atom is 0.125 e. The molecule has 9 heteroatoms. The summed E-state index contributed by atoms with van der Waals surface area (Å²) in [5.41, 5.74) is 5.65. The molecule has 5 heterocycles. The second kappa shape index (κ2) is 9.29. The third kappa shape index (κ3) is 4.24. The van der Waals surface area contributed by atoms with Gasteiger partial charge in [-0.05, 0) is 49.2 Å². The Bertz CT molecular complexity index is 1300. The minimum atomic E-state index is 0. The third-order valence-electron chi connectivity index (χ3n) is 6.77. The number of fused-ring (bicyclic) bond motifs is 1. The van der Waals surface area contributed by atoms with Crippen molar-refractivity contribution in [2.75, 3.05) is 26.3 Å².